The summed E-state index contributed by atoms with van der Waals surface area (Å²) in [6.07, 6.45) is 5.16. The van der Waals surface area contributed by atoms with E-state index in [0.717, 1.165) is 39.1 Å². The lowest BCUT2D eigenvalue weighted by molar-refractivity contribution is 1.12. The van der Waals surface area contributed by atoms with Gasteiger partial charge in [-0.3, -0.25) is 15.1 Å². The third-order valence-corrected chi connectivity index (χ3v) is 5.86. The zero-order valence-electron chi connectivity index (χ0n) is 15.3. The average molecular weight is 393 g/mol. The minimum Gasteiger partial charge on any atom is -0.353 e. The molecule has 0 unspecified atom stereocenters. The number of nitrogens with one attached hydrogen (secondary N) is 2. The fourth-order valence-electron chi connectivity index (χ4n) is 3.78. The van der Waals surface area contributed by atoms with E-state index in [9.17, 15) is 0 Å². The minimum atomic E-state index is 0.845. The van der Waals surface area contributed by atoms with Crippen LogP contribution in [0.25, 0.3) is 55.6 Å². The number of rotatable bonds is 3. The van der Waals surface area contributed by atoms with Crippen molar-refractivity contribution in [3.8, 4) is 33.8 Å². The number of aromatic nitrogens is 5. The van der Waals surface area contributed by atoms with Gasteiger partial charge in [0.25, 0.3) is 0 Å². The Morgan fingerprint density at radius 2 is 1.86 bits per heavy atom. The molecule has 0 aliphatic heterocycles. The second kappa shape index (κ2) is 6.39. The molecule has 0 aliphatic carbocycles. The molecule has 0 fully saturated rings. The molecule has 0 radical (unpaired) electrons. The van der Waals surface area contributed by atoms with Crippen LogP contribution in [0.4, 0.5) is 0 Å². The van der Waals surface area contributed by atoms with Gasteiger partial charge >= 0.3 is 0 Å². The van der Waals surface area contributed by atoms with E-state index < -0.39 is 0 Å². The standard InChI is InChI=1S/C23H15N5S/c1-2-16(15-6-9-29-13-15)17-11-21(26-19(17)3-1)23-18-10-14(4-5-20(18)27-28-23)22-12-24-7-8-25-22/h1-13,26H,(H,27,28). The van der Waals surface area contributed by atoms with Crippen molar-refractivity contribution >= 4 is 33.1 Å². The molecule has 0 spiro atoms. The Morgan fingerprint density at radius 3 is 2.72 bits per heavy atom. The summed E-state index contributed by atoms with van der Waals surface area (Å²) in [4.78, 5) is 12.1. The van der Waals surface area contributed by atoms with Gasteiger partial charge < -0.3 is 4.98 Å². The van der Waals surface area contributed by atoms with Crippen molar-refractivity contribution in [1.82, 2.24) is 25.1 Å². The van der Waals surface area contributed by atoms with Crippen molar-refractivity contribution in [3.63, 3.8) is 0 Å². The van der Waals surface area contributed by atoms with Gasteiger partial charge in [0.05, 0.1) is 23.1 Å². The molecule has 5 nitrogen and oxygen atoms in total. The summed E-state index contributed by atoms with van der Waals surface area (Å²) in [6.45, 7) is 0. The summed E-state index contributed by atoms with van der Waals surface area (Å²) in [6, 6.07) is 16.9. The molecule has 6 aromatic rings. The van der Waals surface area contributed by atoms with Gasteiger partial charge in [0.2, 0.25) is 0 Å². The summed E-state index contributed by atoms with van der Waals surface area (Å²) in [5.74, 6) is 0. The summed E-state index contributed by atoms with van der Waals surface area (Å²) in [5, 5.41) is 14.3. The molecule has 0 saturated heterocycles. The first-order valence-electron chi connectivity index (χ1n) is 9.26. The van der Waals surface area contributed by atoms with Gasteiger partial charge in [0, 0.05) is 34.2 Å². The average Bonchev–Trinajstić information content (AvgIpc) is 3.52. The zero-order chi connectivity index (χ0) is 19.2. The number of H-pyrrole nitrogens is 2. The van der Waals surface area contributed by atoms with Crippen LogP contribution in [-0.2, 0) is 0 Å². The molecule has 6 rings (SSSR count). The van der Waals surface area contributed by atoms with Gasteiger partial charge in [-0.2, -0.15) is 16.4 Å². The van der Waals surface area contributed by atoms with Crippen molar-refractivity contribution in [2.24, 2.45) is 0 Å². The van der Waals surface area contributed by atoms with Crippen LogP contribution >= 0.6 is 11.3 Å². The fourth-order valence-corrected chi connectivity index (χ4v) is 4.43. The first-order valence-corrected chi connectivity index (χ1v) is 10.2. The van der Waals surface area contributed by atoms with Gasteiger partial charge in [-0.25, -0.2) is 0 Å². The van der Waals surface area contributed by atoms with Gasteiger partial charge in [-0.1, -0.05) is 18.2 Å². The lowest BCUT2D eigenvalue weighted by Crippen LogP contribution is -1.84. The van der Waals surface area contributed by atoms with E-state index in [1.54, 1.807) is 29.9 Å². The molecule has 0 bridgehead atoms. The molecule has 0 atom stereocenters. The molecule has 2 aromatic carbocycles. The Balaban J connectivity index is 1.53. The largest absolute Gasteiger partial charge is 0.353 e. The molecule has 0 saturated carbocycles. The molecule has 0 amide bonds. The summed E-state index contributed by atoms with van der Waals surface area (Å²) >= 11 is 1.71. The highest BCUT2D eigenvalue weighted by Crippen LogP contribution is 2.35. The van der Waals surface area contributed by atoms with Crippen LogP contribution in [0.15, 0.2) is 77.9 Å². The van der Waals surface area contributed by atoms with Crippen molar-refractivity contribution in [2.45, 2.75) is 0 Å². The molecule has 0 aliphatic rings. The zero-order valence-corrected chi connectivity index (χ0v) is 16.1. The Bertz CT molecular complexity index is 1450. The first kappa shape index (κ1) is 16.2. The molecular weight excluding hydrogens is 378 g/mol. The smallest absolute Gasteiger partial charge is 0.116 e. The van der Waals surface area contributed by atoms with Crippen LogP contribution in [0.1, 0.15) is 0 Å². The van der Waals surface area contributed by atoms with E-state index in [-0.39, 0.29) is 0 Å². The number of thiophene rings is 1. The number of aromatic amines is 2. The second-order valence-electron chi connectivity index (χ2n) is 6.89. The Labute approximate surface area is 170 Å². The molecular formula is C23H15N5S. The van der Waals surface area contributed by atoms with Crippen LogP contribution in [-0.4, -0.2) is 25.1 Å². The van der Waals surface area contributed by atoms with E-state index >= 15 is 0 Å². The predicted octanol–water partition coefficient (Wildman–Crippen LogP) is 5.90. The first-order chi connectivity index (χ1) is 14.4. The highest BCUT2D eigenvalue weighted by Gasteiger charge is 2.14. The van der Waals surface area contributed by atoms with E-state index in [4.69, 9.17) is 0 Å². The van der Waals surface area contributed by atoms with Crippen LogP contribution in [0, 0.1) is 0 Å². The van der Waals surface area contributed by atoms with Gasteiger partial charge in [0.1, 0.15) is 5.69 Å². The maximum Gasteiger partial charge on any atom is 0.116 e. The topological polar surface area (TPSA) is 70.2 Å². The van der Waals surface area contributed by atoms with E-state index in [1.807, 2.05) is 12.1 Å². The minimum absolute atomic E-state index is 0.845. The monoisotopic (exact) mass is 393 g/mol. The quantitative estimate of drug-likeness (QED) is 0.393. The molecule has 4 aromatic heterocycles. The van der Waals surface area contributed by atoms with Crippen molar-refractivity contribution in [2.75, 3.05) is 0 Å². The van der Waals surface area contributed by atoms with Gasteiger partial charge in [-0.15, -0.1) is 0 Å². The van der Waals surface area contributed by atoms with E-state index in [2.05, 4.69) is 72.3 Å². The van der Waals surface area contributed by atoms with Crippen LogP contribution in [0.3, 0.4) is 0 Å². The Kier molecular flexibility index (Phi) is 3.57. The lowest BCUT2D eigenvalue weighted by atomic mass is 10.0. The number of hydrogen-bond acceptors (Lipinski definition) is 4. The van der Waals surface area contributed by atoms with E-state index in [1.165, 1.54) is 16.5 Å². The molecule has 6 heteroatoms. The maximum absolute atomic E-state index is 4.60. The number of hydrogen-bond donors (Lipinski definition) is 2. The number of fused-ring (bicyclic) bond motifs is 2. The summed E-state index contributed by atoms with van der Waals surface area (Å²) in [5.41, 5.74) is 8.31. The molecule has 4 heterocycles. The number of benzene rings is 2. The third-order valence-electron chi connectivity index (χ3n) is 5.17. The van der Waals surface area contributed by atoms with Crippen molar-refractivity contribution in [3.05, 3.63) is 77.9 Å². The SMILES string of the molecule is c1cc(-c2ccsc2)c2cc(-c3n[nH]c4ccc(-c5cnccn5)cc34)[nH]c2c1. The Hall–Kier alpha value is -3.77. The highest BCUT2D eigenvalue weighted by molar-refractivity contribution is 7.08. The fraction of sp³-hybridized carbons (Fsp3) is 0. The second-order valence-corrected chi connectivity index (χ2v) is 7.67. The van der Waals surface area contributed by atoms with E-state index in [0.29, 0.717) is 0 Å². The molecule has 2 N–H and O–H groups in total. The third kappa shape index (κ3) is 2.65. The summed E-state index contributed by atoms with van der Waals surface area (Å²) in [7, 11) is 0. The normalized spacial score (nSPS) is 11.4. The van der Waals surface area contributed by atoms with Gasteiger partial charge in [0.15, 0.2) is 0 Å². The van der Waals surface area contributed by atoms with Gasteiger partial charge in [-0.05, 0) is 52.2 Å². The predicted molar refractivity (Wildman–Crippen MR) is 118 cm³/mol. The van der Waals surface area contributed by atoms with Crippen LogP contribution in [0.5, 0.6) is 0 Å². The molecule has 138 valence electrons. The summed E-state index contributed by atoms with van der Waals surface area (Å²) < 4.78 is 0. The molecule has 29 heavy (non-hydrogen) atoms. The Morgan fingerprint density at radius 1 is 0.862 bits per heavy atom. The van der Waals surface area contributed by atoms with Crippen molar-refractivity contribution in [1.29, 1.82) is 0 Å². The maximum atomic E-state index is 4.60. The number of nitrogens with zero attached hydrogens (tertiary/aromatic N) is 3. The van der Waals surface area contributed by atoms with Crippen LogP contribution < -0.4 is 0 Å². The van der Waals surface area contributed by atoms with Crippen LogP contribution in [0.2, 0.25) is 0 Å². The lowest BCUT2D eigenvalue weighted by Gasteiger charge is -2.00. The highest BCUT2D eigenvalue weighted by atomic mass is 32.1. The van der Waals surface area contributed by atoms with Crippen molar-refractivity contribution < 1.29 is 0 Å².